The molecule has 1 rings (SSSR count). The molecule has 0 aliphatic rings. The molecule has 0 saturated heterocycles. The molecule has 0 bridgehead atoms. The van der Waals surface area contributed by atoms with Gasteiger partial charge in [-0.1, -0.05) is 0 Å². The number of hydrogen-bond donors (Lipinski definition) is 1. The zero-order chi connectivity index (χ0) is 8.10. The topological polar surface area (TPSA) is 49.0 Å². The Kier molecular flexibility index (Phi) is 2.70. The number of nitrogens with one attached hydrogen (secondary N) is 1. The molecule has 3 heteroatoms. The van der Waals surface area contributed by atoms with E-state index in [1.807, 2.05) is 13.1 Å². The highest BCUT2D eigenvalue weighted by Crippen LogP contribution is 2.13. The zero-order valence-electron chi connectivity index (χ0n) is 6.37. The van der Waals surface area contributed by atoms with Crippen molar-refractivity contribution in [1.82, 2.24) is 5.32 Å². The highest BCUT2D eigenvalue weighted by molar-refractivity contribution is 5.14. The van der Waals surface area contributed by atoms with Crippen LogP contribution in [0, 0.1) is 11.3 Å². The summed E-state index contributed by atoms with van der Waals surface area (Å²) in [5, 5.41) is 11.6. The first kappa shape index (κ1) is 7.83. The fourth-order valence-corrected chi connectivity index (χ4v) is 0.904. The van der Waals surface area contributed by atoms with Crippen LogP contribution in [0.1, 0.15) is 11.7 Å². The van der Waals surface area contributed by atoms with Gasteiger partial charge in [-0.3, -0.25) is 0 Å². The molecule has 3 nitrogen and oxygen atoms in total. The molecular weight excluding hydrogens is 140 g/mol. The third-order valence-electron chi connectivity index (χ3n) is 1.45. The van der Waals surface area contributed by atoms with Gasteiger partial charge < -0.3 is 9.73 Å². The van der Waals surface area contributed by atoms with Crippen LogP contribution in [0.3, 0.4) is 0 Å². The van der Waals surface area contributed by atoms with Crippen molar-refractivity contribution in [3.63, 3.8) is 0 Å². The van der Waals surface area contributed by atoms with Gasteiger partial charge in [-0.25, -0.2) is 0 Å². The molecule has 58 valence electrons. The van der Waals surface area contributed by atoms with E-state index < -0.39 is 0 Å². The van der Waals surface area contributed by atoms with Crippen molar-refractivity contribution in [2.75, 3.05) is 13.6 Å². The van der Waals surface area contributed by atoms with Crippen molar-refractivity contribution < 1.29 is 4.42 Å². The third-order valence-corrected chi connectivity index (χ3v) is 1.45. The number of nitriles is 1. The van der Waals surface area contributed by atoms with Crippen LogP contribution in [0.2, 0.25) is 0 Å². The van der Waals surface area contributed by atoms with E-state index in [1.165, 1.54) is 0 Å². The standard InChI is InChI=1S/C8H10N2O/c1-10-6-7(5-9)8-3-2-4-11-8/h2-4,7,10H,6H2,1H3. The van der Waals surface area contributed by atoms with Crippen LogP contribution >= 0.6 is 0 Å². The normalized spacial score (nSPS) is 12.4. The Morgan fingerprint density at radius 2 is 2.64 bits per heavy atom. The molecule has 1 N–H and O–H groups in total. The average Bonchev–Trinajstić information content (AvgIpc) is 2.52. The SMILES string of the molecule is CNCC(C#N)c1ccco1. The summed E-state index contributed by atoms with van der Waals surface area (Å²) < 4.78 is 5.08. The minimum atomic E-state index is -0.171. The first-order valence-corrected chi connectivity index (χ1v) is 3.46. The minimum absolute atomic E-state index is 0.171. The van der Waals surface area contributed by atoms with Gasteiger partial charge in [0.15, 0.2) is 0 Å². The van der Waals surface area contributed by atoms with Crippen molar-refractivity contribution in [2.24, 2.45) is 0 Å². The van der Waals surface area contributed by atoms with E-state index in [2.05, 4.69) is 11.4 Å². The smallest absolute Gasteiger partial charge is 0.122 e. The molecule has 1 atom stereocenters. The Balaban J connectivity index is 2.65. The Labute approximate surface area is 65.6 Å². The van der Waals surface area contributed by atoms with E-state index >= 15 is 0 Å². The van der Waals surface area contributed by atoms with E-state index in [-0.39, 0.29) is 5.92 Å². The quantitative estimate of drug-likeness (QED) is 0.702. The lowest BCUT2D eigenvalue weighted by Gasteiger charge is -2.02. The second kappa shape index (κ2) is 3.79. The molecule has 0 radical (unpaired) electrons. The summed E-state index contributed by atoms with van der Waals surface area (Å²) in [4.78, 5) is 0. The molecule has 1 aromatic rings. The molecule has 11 heavy (non-hydrogen) atoms. The molecule has 1 heterocycles. The van der Waals surface area contributed by atoms with Gasteiger partial charge in [-0.2, -0.15) is 5.26 Å². The molecule has 0 amide bonds. The van der Waals surface area contributed by atoms with Gasteiger partial charge in [-0.05, 0) is 19.2 Å². The molecule has 1 aromatic heterocycles. The zero-order valence-corrected chi connectivity index (χ0v) is 6.37. The second-order valence-corrected chi connectivity index (χ2v) is 2.25. The van der Waals surface area contributed by atoms with Gasteiger partial charge in [0.25, 0.3) is 0 Å². The van der Waals surface area contributed by atoms with Crippen molar-refractivity contribution in [3.05, 3.63) is 24.2 Å². The van der Waals surface area contributed by atoms with Crippen LogP contribution in [0.4, 0.5) is 0 Å². The Hall–Kier alpha value is -1.27. The van der Waals surface area contributed by atoms with Crippen molar-refractivity contribution >= 4 is 0 Å². The number of furan rings is 1. The molecule has 0 saturated carbocycles. The molecule has 0 spiro atoms. The van der Waals surface area contributed by atoms with Gasteiger partial charge in [-0.15, -0.1) is 0 Å². The van der Waals surface area contributed by atoms with Crippen LogP contribution in [0.25, 0.3) is 0 Å². The Morgan fingerprint density at radius 3 is 3.09 bits per heavy atom. The van der Waals surface area contributed by atoms with Gasteiger partial charge >= 0.3 is 0 Å². The van der Waals surface area contributed by atoms with Crippen molar-refractivity contribution in [1.29, 1.82) is 5.26 Å². The van der Waals surface area contributed by atoms with Crippen LogP contribution < -0.4 is 5.32 Å². The van der Waals surface area contributed by atoms with Crippen LogP contribution in [0.15, 0.2) is 22.8 Å². The van der Waals surface area contributed by atoms with Gasteiger partial charge in [0.05, 0.1) is 12.3 Å². The van der Waals surface area contributed by atoms with E-state index in [9.17, 15) is 0 Å². The number of hydrogen-bond acceptors (Lipinski definition) is 3. The summed E-state index contributed by atoms with van der Waals surface area (Å²) in [7, 11) is 1.81. The number of likely N-dealkylation sites (N-methyl/N-ethyl adjacent to an activating group) is 1. The summed E-state index contributed by atoms with van der Waals surface area (Å²) in [6, 6.07) is 5.75. The molecule has 0 fully saturated rings. The summed E-state index contributed by atoms with van der Waals surface area (Å²) in [5.74, 6) is 0.553. The Morgan fingerprint density at radius 1 is 1.82 bits per heavy atom. The fourth-order valence-electron chi connectivity index (χ4n) is 0.904. The first-order valence-electron chi connectivity index (χ1n) is 3.46. The van der Waals surface area contributed by atoms with E-state index in [0.717, 1.165) is 5.76 Å². The lowest BCUT2D eigenvalue weighted by molar-refractivity contribution is 0.486. The molecule has 0 aliphatic heterocycles. The highest BCUT2D eigenvalue weighted by Gasteiger charge is 2.10. The summed E-state index contributed by atoms with van der Waals surface area (Å²) >= 11 is 0. The van der Waals surface area contributed by atoms with Crippen LogP contribution in [0.5, 0.6) is 0 Å². The number of rotatable bonds is 3. The maximum absolute atomic E-state index is 8.68. The largest absolute Gasteiger partial charge is 0.468 e. The van der Waals surface area contributed by atoms with Gasteiger partial charge in [0.2, 0.25) is 0 Å². The van der Waals surface area contributed by atoms with E-state index in [0.29, 0.717) is 6.54 Å². The van der Waals surface area contributed by atoms with Crippen molar-refractivity contribution in [3.8, 4) is 6.07 Å². The molecular formula is C8H10N2O. The predicted octanol–water partition coefficient (Wildman–Crippen LogP) is 1.11. The van der Waals surface area contributed by atoms with E-state index in [4.69, 9.17) is 9.68 Å². The molecule has 0 aliphatic carbocycles. The summed E-state index contributed by atoms with van der Waals surface area (Å²) in [6.45, 7) is 0.629. The fraction of sp³-hybridized carbons (Fsp3) is 0.375. The predicted molar refractivity (Wildman–Crippen MR) is 41.0 cm³/mol. The van der Waals surface area contributed by atoms with Crippen LogP contribution in [-0.4, -0.2) is 13.6 Å². The van der Waals surface area contributed by atoms with Gasteiger partial charge in [0.1, 0.15) is 11.7 Å². The molecule has 0 aromatic carbocycles. The second-order valence-electron chi connectivity index (χ2n) is 2.25. The number of nitrogens with zero attached hydrogens (tertiary/aromatic N) is 1. The highest BCUT2D eigenvalue weighted by atomic mass is 16.3. The van der Waals surface area contributed by atoms with Crippen LogP contribution in [-0.2, 0) is 0 Å². The van der Waals surface area contributed by atoms with Crippen molar-refractivity contribution in [2.45, 2.75) is 5.92 Å². The lowest BCUT2D eigenvalue weighted by atomic mass is 10.1. The monoisotopic (exact) mass is 150 g/mol. The minimum Gasteiger partial charge on any atom is -0.468 e. The maximum Gasteiger partial charge on any atom is 0.122 e. The molecule has 1 unspecified atom stereocenters. The summed E-state index contributed by atoms with van der Waals surface area (Å²) in [5.41, 5.74) is 0. The third kappa shape index (κ3) is 1.82. The maximum atomic E-state index is 8.68. The van der Waals surface area contributed by atoms with E-state index in [1.54, 1.807) is 12.3 Å². The average molecular weight is 150 g/mol. The van der Waals surface area contributed by atoms with Gasteiger partial charge in [0, 0.05) is 6.54 Å². The lowest BCUT2D eigenvalue weighted by Crippen LogP contribution is -2.15. The summed E-state index contributed by atoms with van der Waals surface area (Å²) in [6.07, 6.45) is 1.58. The first-order chi connectivity index (χ1) is 5.38. The Bertz CT molecular complexity index is 235.